The number of carbonyl (C=O) groups excluding carboxylic acids is 2. The highest BCUT2D eigenvalue weighted by atomic mass is 32.2. The van der Waals surface area contributed by atoms with Gasteiger partial charge in [0.1, 0.15) is 0 Å². The molecule has 1 heterocycles. The van der Waals surface area contributed by atoms with Crippen molar-refractivity contribution in [2.75, 3.05) is 11.6 Å². The molecule has 128 valence electrons. The second-order valence-electron chi connectivity index (χ2n) is 6.20. The standard InChI is InChI=1S/C15H20N6O2S/c1-15(2,3)10-6-4-9(5-7-10)12-19-20-14(21(12)17)24-8-11(22)18-13(16)23/h4-7H,8,17H2,1-3H3,(H3,16,18,22,23). The summed E-state index contributed by atoms with van der Waals surface area (Å²) < 4.78 is 1.31. The number of benzene rings is 1. The van der Waals surface area contributed by atoms with Crippen LogP contribution < -0.4 is 16.9 Å². The van der Waals surface area contributed by atoms with Gasteiger partial charge in [0.05, 0.1) is 5.75 Å². The van der Waals surface area contributed by atoms with Crippen molar-refractivity contribution in [2.45, 2.75) is 31.3 Å². The van der Waals surface area contributed by atoms with Crippen molar-refractivity contribution in [1.29, 1.82) is 0 Å². The number of nitrogens with zero attached hydrogens (tertiary/aromatic N) is 3. The summed E-state index contributed by atoms with van der Waals surface area (Å²) >= 11 is 1.06. The van der Waals surface area contributed by atoms with E-state index in [9.17, 15) is 9.59 Å². The molecule has 5 N–H and O–H groups in total. The number of hydrogen-bond acceptors (Lipinski definition) is 6. The second kappa shape index (κ2) is 6.91. The fourth-order valence-corrected chi connectivity index (χ4v) is 2.65. The number of carbonyl (C=O) groups is 2. The normalized spacial score (nSPS) is 11.3. The van der Waals surface area contributed by atoms with E-state index in [1.807, 2.05) is 29.6 Å². The van der Waals surface area contributed by atoms with Gasteiger partial charge in [-0.15, -0.1) is 10.2 Å². The number of amides is 3. The molecular formula is C15H20N6O2S. The van der Waals surface area contributed by atoms with Crippen LogP contribution in [-0.4, -0.2) is 32.6 Å². The van der Waals surface area contributed by atoms with Gasteiger partial charge in [-0.1, -0.05) is 56.8 Å². The highest BCUT2D eigenvalue weighted by Crippen LogP contribution is 2.26. The van der Waals surface area contributed by atoms with Crippen molar-refractivity contribution in [2.24, 2.45) is 5.73 Å². The number of aromatic nitrogens is 3. The molecule has 24 heavy (non-hydrogen) atoms. The molecule has 0 fully saturated rings. The summed E-state index contributed by atoms with van der Waals surface area (Å²) in [4.78, 5) is 22.0. The summed E-state index contributed by atoms with van der Waals surface area (Å²) in [6, 6.07) is 7.02. The molecule has 0 atom stereocenters. The molecule has 0 saturated heterocycles. The monoisotopic (exact) mass is 348 g/mol. The van der Waals surface area contributed by atoms with Gasteiger partial charge in [-0.2, -0.15) is 0 Å². The molecule has 3 amide bonds. The zero-order valence-corrected chi connectivity index (χ0v) is 14.6. The molecule has 0 radical (unpaired) electrons. The Labute approximate surface area is 144 Å². The fraction of sp³-hybridized carbons (Fsp3) is 0.333. The number of hydrogen-bond donors (Lipinski definition) is 3. The van der Waals surface area contributed by atoms with E-state index in [1.165, 1.54) is 10.2 Å². The third-order valence-corrected chi connectivity index (χ3v) is 4.21. The Morgan fingerprint density at radius 1 is 1.21 bits per heavy atom. The largest absolute Gasteiger partial charge is 0.351 e. The predicted molar refractivity (Wildman–Crippen MR) is 92.8 cm³/mol. The molecule has 0 bridgehead atoms. The van der Waals surface area contributed by atoms with Crippen LogP contribution in [0.25, 0.3) is 11.4 Å². The van der Waals surface area contributed by atoms with Gasteiger partial charge in [-0.3, -0.25) is 10.1 Å². The average molecular weight is 348 g/mol. The zero-order chi connectivity index (χ0) is 17.9. The van der Waals surface area contributed by atoms with Crippen LogP contribution in [0.4, 0.5) is 4.79 Å². The van der Waals surface area contributed by atoms with Crippen molar-refractivity contribution in [3.63, 3.8) is 0 Å². The van der Waals surface area contributed by atoms with Crippen molar-refractivity contribution < 1.29 is 9.59 Å². The molecule has 1 aromatic heterocycles. The lowest BCUT2D eigenvalue weighted by atomic mass is 9.87. The number of nitrogens with two attached hydrogens (primary N) is 2. The van der Waals surface area contributed by atoms with Gasteiger partial charge in [0, 0.05) is 5.56 Å². The third kappa shape index (κ3) is 4.25. The molecule has 8 nitrogen and oxygen atoms in total. The molecule has 0 aliphatic rings. The van der Waals surface area contributed by atoms with Crippen LogP contribution in [0.1, 0.15) is 26.3 Å². The summed E-state index contributed by atoms with van der Waals surface area (Å²) in [5.41, 5.74) is 6.96. The first-order valence-electron chi connectivity index (χ1n) is 7.22. The lowest BCUT2D eigenvalue weighted by molar-refractivity contribution is -0.117. The predicted octanol–water partition coefficient (Wildman–Crippen LogP) is 1.24. The molecule has 0 aliphatic carbocycles. The summed E-state index contributed by atoms with van der Waals surface area (Å²) in [6.07, 6.45) is 0. The first kappa shape index (κ1) is 17.8. The van der Waals surface area contributed by atoms with Gasteiger partial charge in [0.25, 0.3) is 0 Å². The Balaban J connectivity index is 2.12. The molecule has 0 saturated carbocycles. The first-order valence-corrected chi connectivity index (χ1v) is 8.20. The van der Waals surface area contributed by atoms with E-state index in [-0.39, 0.29) is 11.2 Å². The highest BCUT2D eigenvalue weighted by Gasteiger charge is 2.16. The minimum atomic E-state index is -0.894. The molecule has 2 aromatic rings. The molecular weight excluding hydrogens is 328 g/mol. The molecule has 0 spiro atoms. The quantitative estimate of drug-likeness (QED) is 0.563. The molecule has 0 aliphatic heterocycles. The Kier molecular flexibility index (Phi) is 5.13. The first-order chi connectivity index (χ1) is 11.2. The highest BCUT2D eigenvalue weighted by molar-refractivity contribution is 7.99. The molecule has 0 unspecified atom stereocenters. The van der Waals surface area contributed by atoms with Crippen LogP contribution in [0.2, 0.25) is 0 Å². The van der Waals surface area contributed by atoms with Crippen LogP contribution in [0, 0.1) is 0 Å². The number of nitrogen functional groups attached to an aromatic ring is 1. The van der Waals surface area contributed by atoms with Crippen LogP contribution in [0.3, 0.4) is 0 Å². The van der Waals surface area contributed by atoms with Crippen LogP contribution >= 0.6 is 11.8 Å². The fourth-order valence-electron chi connectivity index (χ4n) is 2.00. The lowest BCUT2D eigenvalue weighted by Crippen LogP contribution is -2.36. The zero-order valence-electron chi connectivity index (χ0n) is 13.7. The number of thioether (sulfide) groups is 1. The van der Waals surface area contributed by atoms with Gasteiger partial charge in [0.2, 0.25) is 11.1 Å². The Hall–Kier alpha value is -2.55. The van der Waals surface area contributed by atoms with Gasteiger partial charge < -0.3 is 11.6 Å². The Morgan fingerprint density at radius 2 is 1.83 bits per heavy atom. The SMILES string of the molecule is CC(C)(C)c1ccc(-c2nnc(SCC(=O)NC(N)=O)n2N)cc1. The lowest BCUT2D eigenvalue weighted by Gasteiger charge is -2.19. The van der Waals surface area contributed by atoms with Crippen LogP contribution in [0.5, 0.6) is 0 Å². The van der Waals surface area contributed by atoms with Crippen molar-refractivity contribution in [3.05, 3.63) is 29.8 Å². The van der Waals surface area contributed by atoms with E-state index in [4.69, 9.17) is 11.6 Å². The number of nitrogens with one attached hydrogen (secondary N) is 1. The topological polar surface area (TPSA) is 129 Å². The van der Waals surface area contributed by atoms with E-state index in [0.717, 1.165) is 17.3 Å². The van der Waals surface area contributed by atoms with E-state index in [0.29, 0.717) is 11.0 Å². The van der Waals surface area contributed by atoms with Gasteiger partial charge >= 0.3 is 6.03 Å². The summed E-state index contributed by atoms with van der Waals surface area (Å²) in [7, 11) is 0. The van der Waals surface area contributed by atoms with Crippen LogP contribution in [0.15, 0.2) is 29.4 Å². The minimum absolute atomic E-state index is 0.0404. The number of primary amides is 1. The molecule has 9 heteroatoms. The van der Waals surface area contributed by atoms with Crippen LogP contribution in [-0.2, 0) is 10.2 Å². The maximum Gasteiger partial charge on any atom is 0.318 e. The maximum absolute atomic E-state index is 11.4. The number of urea groups is 1. The summed E-state index contributed by atoms with van der Waals surface area (Å²) in [5, 5.41) is 10.4. The summed E-state index contributed by atoms with van der Waals surface area (Å²) in [6.45, 7) is 6.41. The molecule has 1 aromatic carbocycles. The number of imide groups is 1. The van der Waals surface area contributed by atoms with Crippen molar-refractivity contribution in [1.82, 2.24) is 20.2 Å². The summed E-state index contributed by atoms with van der Waals surface area (Å²) in [5.74, 6) is 5.93. The minimum Gasteiger partial charge on any atom is -0.351 e. The average Bonchev–Trinajstić information content (AvgIpc) is 2.85. The molecule has 2 rings (SSSR count). The van der Waals surface area contributed by atoms with E-state index >= 15 is 0 Å². The second-order valence-corrected chi connectivity index (χ2v) is 7.15. The maximum atomic E-state index is 11.4. The van der Waals surface area contributed by atoms with E-state index < -0.39 is 11.9 Å². The Bertz CT molecular complexity index is 748. The van der Waals surface area contributed by atoms with Gasteiger partial charge in [-0.25, -0.2) is 9.47 Å². The third-order valence-electron chi connectivity index (χ3n) is 3.27. The van der Waals surface area contributed by atoms with Gasteiger partial charge in [-0.05, 0) is 11.0 Å². The van der Waals surface area contributed by atoms with Gasteiger partial charge in [0.15, 0.2) is 5.82 Å². The smallest absolute Gasteiger partial charge is 0.318 e. The Morgan fingerprint density at radius 3 is 2.38 bits per heavy atom. The number of rotatable bonds is 4. The van der Waals surface area contributed by atoms with Crippen molar-refractivity contribution >= 4 is 23.7 Å². The van der Waals surface area contributed by atoms with E-state index in [2.05, 4.69) is 31.0 Å². The van der Waals surface area contributed by atoms with E-state index in [1.54, 1.807) is 0 Å². The van der Waals surface area contributed by atoms with Crippen molar-refractivity contribution in [3.8, 4) is 11.4 Å².